The van der Waals surface area contributed by atoms with Gasteiger partial charge in [0.1, 0.15) is 0 Å². The Morgan fingerprint density at radius 1 is 0.857 bits per heavy atom. The average molecular weight is 469 g/mol. The SMILES string of the molecule is O=C(Nc1ccc(-c2ccnc(Nc3ccc(N4CCCCC4)cc3)n2)cc1)c1ccncc1F. The van der Waals surface area contributed by atoms with Gasteiger partial charge >= 0.3 is 0 Å². The Balaban J connectivity index is 1.25. The van der Waals surface area contributed by atoms with Crippen LogP contribution in [0, 0.1) is 5.82 Å². The average Bonchev–Trinajstić information content (AvgIpc) is 2.90. The van der Waals surface area contributed by atoms with Gasteiger partial charge in [-0.3, -0.25) is 9.78 Å². The van der Waals surface area contributed by atoms with Gasteiger partial charge in [0, 0.05) is 48.1 Å². The third-order valence-corrected chi connectivity index (χ3v) is 5.96. The van der Waals surface area contributed by atoms with Gasteiger partial charge in [0.2, 0.25) is 5.95 Å². The minimum atomic E-state index is -0.663. The first-order valence-corrected chi connectivity index (χ1v) is 11.6. The lowest BCUT2D eigenvalue weighted by molar-refractivity contribution is 0.102. The topological polar surface area (TPSA) is 83.0 Å². The molecule has 2 aromatic heterocycles. The molecule has 176 valence electrons. The van der Waals surface area contributed by atoms with Crippen LogP contribution in [0.1, 0.15) is 29.6 Å². The lowest BCUT2D eigenvalue weighted by Gasteiger charge is -2.28. The number of carbonyl (C=O) groups excluding carboxylic acids is 1. The standard InChI is InChI=1S/C27H25FN6O/c28-24-18-29-14-12-23(24)26(35)31-20-6-4-19(5-7-20)25-13-15-30-27(33-25)32-21-8-10-22(11-9-21)34-16-2-1-3-17-34/h4-15,18H,1-3,16-17H2,(H,31,35)(H,30,32,33). The fraction of sp³-hybridized carbons (Fsp3) is 0.185. The Labute approximate surface area is 203 Å². The van der Waals surface area contributed by atoms with E-state index >= 15 is 0 Å². The fourth-order valence-electron chi connectivity index (χ4n) is 4.10. The van der Waals surface area contributed by atoms with Crippen LogP contribution in [0.5, 0.6) is 0 Å². The Morgan fingerprint density at radius 2 is 1.60 bits per heavy atom. The molecule has 7 nitrogen and oxygen atoms in total. The smallest absolute Gasteiger partial charge is 0.258 e. The molecule has 0 radical (unpaired) electrons. The number of amides is 1. The number of anilines is 4. The summed E-state index contributed by atoms with van der Waals surface area (Å²) in [6.45, 7) is 2.22. The molecule has 1 saturated heterocycles. The molecule has 1 aliphatic heterocycles. The van der Waals surface area contributed by atoms with Gasteiger partial charge in [-0.1, -0.05) is 12.1 Å². The Hall–Kier alpha value is -4.33. The highest BCUT2D eigenvalue weighted by molar-refractivity contribution is 6.04. The number of piperidine rings is 1. The zero-order valence-corrected chi connectivity index (χ0v) is 19.1. The van der Waals surface area contributed by atoms with Crippen LogP contribution in [-0.4, -0.2) is 33.9 Å². The second-order valence-corrected chi connectivity index (χ2v) is 8.37. The molecular weight excluding hydrogens is 443 g/mol. The lowest BCUT2D eigenvalue weighted by Crippen LogP contribution is -2.29. The van der Waals surface area contributed by atoms with Crippen molar-refractivity contribution in [3.8, 4) is 11.3 Å². The van der Waals surface area contributed by atoms with E-state index in [0.29, 0.717) is 11.6 Å². The molecule has 3 heterocycles. The Kier molecular flexibility index (Phi) is 6.61. The number of halogens is 1. The predicted octanol–water partition coefficient (Wildman–Crippen LogP) is 5.66. The third-order valence-electron chi connectivity index (χ3n) is 5.96. The van der Waals surface area contributed by atoms with Crippen molar-refractivity contribution in [3.05, 3.63) is 90.6 Å². The number of nitrogens with one attached hydrogen (secondary N) is 2. The monoisotopic (exact) mass is 468 g/mol. The molecule has 1 aliphatic rings. The fourth-order valence-corrected chi connectivity index (χ4v) is 4.10. The van der Waals surface area contributed by atoms with Gasteiger partial charge < -0.3 is 15.5 Å². The summed E-state index contributed by atoms with van der Waals surface area (Å²) in [5.41, 5.74) is 4.26. The molecule has 2 N–H and O–H groups in total. The molecule has 1 amide bonds. The van der Waals surface area contributed by atoms with Crippen molar-refractivity contribution in [1.29, 1.82) is 0 Å². The van der Waals surface area contributed by atoms with E-state index in [4.69, 9.17) is 0 Å². The van der Waals surface area contributed by atoms with E-state index in [2.05, 4.69) is 42.6 Å². The molecule has 5 rings (SSSR count). The van der Waals surface area contributed by atoms with Crippen LogP contribution < -0.4 is 15.5 Å². The lowest BCUT2D eigenvalue weighted by atomic mass is 10.1. The predicted molar refractivity (Wildman–Crippen MR) is 135 cm³/mol. The van der Waals surface area contributed by atoms with Gasteiger partial charge in [0.15, 0.2) is 5.82 Å². The van der Waals surface area contributed by atoms with Crippen LogP contribution in [-0.2, 0) is 0 Å². The molecule has 0 saturated carbocycles. The van der Waals surface area contributed by atoms with E-state index in [1.807, 2.05) is 30.3 Å². The molecular formula is C27H25FN6O. The first-order valence-electron chi connectivity index (χ1n) is 11.6. The van der Waals surface area contributed by atoms with Gasteiger partial charge in [0.05, 0.1) is 17.5 Å². The van der Waals surface area contributed by atoms with Gasteiger partial charge in [-0.05, 0) is 67.8 Å². The molecule has 35 heavy (non-hydrogen) atoms. The highest BCUT2D eigenvalue weighted by atomic mass is 19.1. The van der Waals surface area contributed by atoms with Crippen molar-refractivity contribution in [2.24, 2.45) is 0 Å². The highest BCUT2D eigenvalue weighted by Crippen LogP contribution is 2.25. The molecule has 8 heteroatoms. The second-order valence-electron chi connectivity index (χ2n) is 8.37. The number of pyridine rings is 1. The summed E-state index contributed by atoms with van der Waals surface area (Å²) in [4.78, 5) is 27.4. The number of rotatable bonds is 6. The molecule has 2 aromatic carbocycles. The molecule has 0 unspecified atom stereocenters. The van der Waals surface area contributed by atoms with Crippen molar-refractivity contribution >= 4 is 28.9 Å². The van der Waals surface area contributed by atoms with E-state index in [1.165, 1.54) is 37.2 Å². The summed E-state index contributed by atoms with van der Waals surface area (Å²) in [7, 11) is 0. The summed E-state index contributed by atoms with van der Waals surface area (Å²) < 4.78 is 13.8. The second kappa shape index (κ2) is 10.3. The van der Waals surface area contributed by atoms with Gasteiger partial charge in [-0.25, -0.2) is 14.4 Å². The van der Waals surface area contributed by atoms with Crippen LogP contribution in [0.25, 0.3) is 11.3 Å². The number of hydrogen-bond acceptors (Lipinski definition) is 6. The summed E-state index contributed by atoms with van der Waals surface area (Å²) in [6, 6.07) is 18.7. The van der Waals surface area contributed by atoms with Crippen LogP contribution in [0.15, 0.2) is 79.3 Å². The van der Waals surface area contributed by atoms with E-state index in [1.54, 1.807) is 18.3 Å². The quantitative estimate of drug-likeness (QED) is 0.380. The molecule has 0 spiro atoms. The summed E-state index contributed by atoms with van der Waals surface area (Å²) >= 11 is 0. The van der Waals surface area contributed by atoms with Crippen molar-refractivity contribution < 1.29 is 9.18 Å². The number of carbonyl (C=O) groups is 1. The first kappa shape index (κ1) is 22.5. The summed E-state index contributed by atoms with van der Waals surface area (Å²) in [6.07, 6.45) is 7.91. The normalized spacial score (nSPS) is 13.3. The van der Waals surface area contributed by atoms with Crippen LogP contribution in [0.3, 0.4) is 0 Å². The van der Waals surface area contributed by atoms with Gasteiger partial charge in [-0.2, -0.15) is 0 Å². The highest BCUT2D eigenvalue weighted by Gasteiger charge is 2.13. The Bertz CT molecular complexity index is 1300. The number of nitrogens with zero attached hydrogens (tertiary/aromatic N) is 4. The van der Waals surface area contributed by atoms with E-state index in [9.17, 15) is 9.18 Å². The van der Waals surface area contributed by atoms with E-state index < -0.39 is 11.7 Å². The van der Waals surface area contributed by atoms with Crippen LogP contribution in [0.4, 0.5) is 27.4 Å². The largest absolute Gasteiger partial charge is 0.372 e. The van der Waals surface area contributed by atoms with Crippen molar-refractivity contribution in [1.82, 2.24) is 15.0 Å². The zero-order chi connectivity index (χ0) is 24.0. The van der Waals surface area contributed by atoms with E-state index in [-0.39, 0.29) is 5.56 Å². The number of benzene rings is 2. The van der Waals surface area contributed by atoms with Crippen molar-refractivity contribution in [2.45, 2.75) is 19.3 Å². The van der Waals surface area contributed by atoms with Gasteiger partial charge in [-0.15, -0.1) is 0 Å². The molecule has 4 aromatic rings. The molecule has 0 aliphatic carbocycles. The number of hydrogen-bond donors (Lipinski definition) is 2. The van der Waals surface area contributed by atoms with Gasteiger partial charge in [0.25, 0.3) is 5.91 Å². The van der Waals surface area contributed by atoms with Crippen molar-refractivity contribution in [3.63, 3.8) is 0 Å². The molecule has 0 atom stereocenters. The maximum atomic E-state index is 13.8. The molecule has 1 fully saturated rings. The maximum absolute atomic E-state index is 13.8. The van der Waals surface area contributed by atoms with E-state index in [0.717, 1.165) is 36.2 Å². The first-order chi connectivity index (χ1) is 17.2. The summed E-state index contributed by atoms with van der Waals surface area (Å²) in [5.74, 6) is -0.694. The third kappa shape index (κ3) is 5.43. The minimum Gasteiger partial charge on any atom is -0.372 e. The molecule has 0 bridgehead atoms. The van der Waals surface area contributed by atoms with Crippen LogP contribution >= 0.6 is 0 Å². The maximum Gasteiger partial charge on any atom is 0.258 e. The van der Waals surface area contributed by atoms with Crippen LogP contribution in [0.2, 0.25) is 0 Å². The van der Waals surface area contributed by atoms with Crippen molar-refractivity contribution in [2.75, 3.05) is 28.6 Å². The number of aromatic nitrogens is 3. The minimum absolute atomic E-state index is 0.0560. The summed E-state index contributed by atoms with van der Waals surface area (Å²) in [5, 5.41) is 5.96. The Morgan fingerprint density at radius 3 is 2.34 bits per heavy atom. The zero-order valence-electron chi connectivity index (χ0n) is 19.1.